The summed E-state index contributed by atoms with van der Waals surface area (Å²) in [7, 11) is 0. The molecule has 3 nitrogen and oxygen atoms in total. The van der Waals surface area contributed by atoms with E-state index in [1.165, 1.54) is 18.2 Å². The summed E-state index contributed by atoms with van der Waals surface area (Å²) >= 11 is 0. The zero-order chi connectivity index (χ0) is 8.43. The highest BCUT2D eigenvalue weighted by atomic mass is 16.5. The maximum absolute atomic E-state index is 9.06. The van der Waals surface area contributed by atoms with Crippen LogP contribution in [0.4, 0.5) is 0 Å². The third-order valence-electron chi connectivity index (χ3n) is 1.52. The Kier molecular flexibility index (Phi) is 2.12. The number of rotatable bonds is 1. The lowest BCUT2D eigenvalue weighted by atomic mass is 10.1. The Balaban J connectivity index is 3.05. The van der Waals surface area contributed by atoms with Crippen molar-refractivity contribution in [1.82, 2.24) is 0 Å². The van der Waals surface area contributed by atoms with E-state index in [0.717, 1.165) is 0 Å². The summed E-state index contributed by atoms with van der Waals surface area (Å²) in [6.45, 7) is 1.70. The summed E-state index contributed by atoms with van der Waals surface area (Å²) in [5.41, 5.74) is 1.02. The molecule has 1 aromatic carbocycles. The molecule has 0 aliphatic heterocycles. The Morgan fingerprint density at radius 3 is 2.36 bits per heavy atom. The van der Waals surface area contributed by atoms with Crippen LogP contribution in [0.5, 0.6) is 5.75 Å². The van der Waals surface area contributed by atoms with Gasteiger partial charge in [0.2, 0.25) is 0 Å². The molecule has 3 heteroatoms. The largest absolute Gasteiger partial charge is 0.508 e. The van der Waals surface area contributed by atoms with Crippen molar-refractivity contribution in [2.75, 3.05) is 0 Å². The smallest absolute Gasteiger partial charge is 0.178 e. The lowest BCUT2D eigenvalue weighted by molar-refractivity contribution is -0.0425. The molecule has 0 atom stereocenters. The van der Waals surface area contributed by atoms with E-state index >= 15 is 0 Å². The second kappa shape index (κ2) is 2.90. The van der Waals surface area contributed by atoms with Crippen LogP contribution >= 0.6 is 0 Å². The Hall–Kier alpha value is -1.06. The van der Waals surface area contributed by atoms with Gasteiger partial charge in [0, 0.05) is 5.56 Å². The molecule has 1 aromatic rings. The Labute approximate surface area is 64.5 Å². The van der Waals surface area contributed by atoms with Crippen LogP contribution in [0.2, 0.25) is 0 Å². The molecule has 0 amide bonds. The van der Waals surface area contributed by atoms with E-state index in [-0.39, 0.29) is 5.75 Å². The van der Waals surface area contributed by atoms with Gasteiger partial charge in [0.05, 0.1) is 0 Å². The van der Waals surface area contributed by atoms with E-state index in [9.17, 15) is 0 Å². The Morgan fingerprint density at radius 1 is 1.27 bits per heavy atom. The van der Waals surface area contributed by atoms with E-state index in [1.807, 2.05) is 0 Å². The molecule has 0 spiro atoms. The minimum absolute atomic E-state index is 0.161. The number of phenolic OH excluding ortho intramolecular Hbond substituents is 1. The molecule has 1 rings (SSSR count). The first-order valence-corrected chi connectivity index (χ1v) is 3.27. The fourth-order valence-corrected chi connectivity index (χ4v) is 0.839. The summed E-state index contributed by atoms with van der Waals surface area (Å²) in [5, 5.41) is 26.5. The molecule has 0 fully saturated rings. The van der Waals surface area contributed by atoms with Crippen LogP contribution in [0.3, 0.4) is 0 Å². The second-order valence-corrected chi connectivity index (χ2v) is 2.42. The maximum atomic E-state index is 9.06. The van der Waals surface area contributed by atoms with Gasteiger partial charge in [-0.25, -0.2) is 0 Å². The van der Waals surface area contributed by atoms with Crippen LogP contribution in [0.15, 0.2) is 18.2 Å². The first-order valence-electron chi connectivity index (χ1n) is 3.27. The van der Waals surface area contributed by atoms with Crippen LogP contribution in [0.1, 0.15) is 17.4 Å². The summed E-state index contributed by atoms with van der Waals surface area (Å²) in [6, 6.07) is 4.43. The minimum Gasteiger partial charge on any atom is -0.508 e. The van der Waals surface area contributed by atoms with E-state index in [0.29, 0.717) is 11.1 Å². The fraction of sp³-hybridized carbons (Fsp3) is 0.250. The summed E-state index contributed by atoms with van der Waals surface area (Å²) < 4.78 is 0. The number of aryl methyl sites for hydroxylation is 1. The van der Waals surface area contributed by atoms with Crippen molar-refractivity contribution in [1.29, 1.82) is 0 Å². The lowest BCUT2D eigenvalue weighted by Crippen LogP contribution is -1.94. The van der Waals surface area contributed by atoms with Gasteiger partial charge < -0.3 is 15.3 Å². The molecule has 0 saturated heterocycles. The van der Waals surface area contributed by atoms with E-state index in [4.69, 9.17) is 15.3 Å². The summed E-state index contributed by atoms with van der Waals surface area (Å²) in [6.07, 6.45) is -1.46. The van der Waals surface area contributed by atoms with E-state index in [1.54, 1.807) is 6.92 Å². The number of phenols is 1. The zero-order valence-electron chi connectivity index (χ0n) is 6.15. The highest BCUT2D eigenvalue weighted by Crippen LogP contribution is 2.19. The Bertz CT molecular complexity index is 256. The summed E-state index contributed by atoms with van der Waals surface area (Å²) in [4.78, 5) is 0. The monoisotopic (exact) mass is 154 g/mol. The fourth-order valence-electron chi connectivity index (χ4n) is 0.839. The van der Waals surface area contributed by atoms with Gasteiger partial charge >= 0.3 is 0 Å². The standard InChI is InChI=1S/C8H10O3/c1-5-4-6(8(10)11)2-3-7(5)9/h2-4,8-11H,1H3. The molecule has 0 aliphatic rings. The van der Waals surface area contributed by atoms with Crippen LogP contribution in [0.25, 0.3) is 0 Å². The third kappa shape index (κ3) is 1.69. The maximum Gasteiger partial charge on any atom is 0.178 e. The number of aliphatic hydroxyl groups excluding tert-OH is 1. The molecule has 0 saturated carbocycles. The number of aromatic hydroxyl groups is 1. The first-order chi connectivity index (χ1) is 5.11. The molecule has 0 heterocycles. The van der Waals surface area contributed by atoms with Crippen LogP contribution in [-0.2, 0) is 0 Å². The van der Waals surface area contributed by atoms with Gasteiger partial charge in [-0.15, -0.1) is 0 Å². The molecular formula is C8H10O3. The SMILES string of the molecule is Cc1cc(C(O)O)ccc1O. The molecule has 0 bridgehead atoms. The first kappa shape index (κ1) is 8.04. The molecule has 0 unspecified atom stereocenters. The average molecular weight is 154 g/mol. The number of hydrogen-bond acceptors (Lipinski definition) is 3. The molecule has 60 valence electrons. The predicted molar refractivity (Wildman–Crippen MR) is 40.0 cm³/mol. The number of aliphatic hydroxyl groups is 2. The third-order valence-corrected chi connectivity index (χ3v) is 1.52. The highest BCUT2D eigenvalue weighted by Gasteiger charge is 2.03. The topological polar surface area (TPSA) is 60.7 Å². The zero-order valence-corrected chi connectivity index (χ0v) is 6.15. The normalized spacial score (nSPS) is 10.5. The molecule has 0 radical (unpaired) electrons. The molecule has 11 heavy (non-hydrogen) atoms. The second-order valence-electron chi connectivity index (χ2n) is 2.42. The molecular weight excluding hydrogens is 144 g/mol. The number of hydrogen-bond donors (Lipinski definition) is 3. The molecule has 0 aromatic heterocycles. The minimum atomic E-state index is -1.46. The van der Waals surface area contributed by atoms with Crippen LogP contribution < -0.4 is 0 Å². The van der Waals surface area contributed by atoms with Gasteiger partial charge in [-0.2, -0.15) is 0 Å². The van der Waals surface area contributed by atoms with Gasteiger partial charge in [0.25, 0.3) is 0 Å². The van der Waals surface area contributed by atoms with Gasteiger partial charge in [-0.3, -0.25) is 0 Å². The lowest BCUT2D eigenvalue weighted by Gasteiger charge is -2.05. The van der Waals surface area contributed by atoms with Crippen molar-refractivity contribution in [2.45, 2.75) is 13.2 Å². The molecule has 3 N–H and O–H groups in total. The number of benzene rings is 1. The van der Waals surface area contributed by atoms with Crippen molar-refractivity contribution in [3.05, 3.63) is 29.3 Å². The van der Waals surface area contributed by atoms with E-state index in [2.05, 4.69) is 0 Å². The van der Waals surface area contributed by atoms with E-state index < -0.39 is 6.29 Å². The van der Waals surface area contributed by atoms with Crippen molar-refractivity contribution in [3.8, 4) is 5.75 Å². The van der Waals surface area contributed by atoms with Gasteiger partial charge in [-0.05, 0) is 24.6 Å². The Morgan fingerprint density at radius 2 is 1.91 bits per heavy atom. The van der Waals surface area contributed by atoms with Gasteiger partial charge in [0.15, 0.2) is 6.29 Å². The van der Waals surface area contributed by atoms with Crippen LogP contribution in [-0.4, -0.2) is 15.3 Å². The predicted octanol–water partition coefficient (Wildman–Crippen LogP) is 0.684. The summed E-state index contributed by atoms with van der Waals surface area (Å²) in [5.74, 6) is 0.161. The van der Waals surface area contributed by atoms with Gasteiger partial charge in [-0.1, -0.05) is 6.07 Å². The van der Waals surface area contributed by atoms with Crippen molar-refractivity contribution >= 4 is 0 Å². The van der Waals surface area contributed by atoms with Crippen molar-refractivity contribution < 1.29 is 15.3 Å². The average Bonchev–Trinajstić information content (AvgIpc) is 1.94. The van der Waals surface area contributed by atoms with Crippen molar-refractivity contribution in [3.63, 3.8) is 0 Å². The van der Waals surface area contributed by atoms with Crippen molar-refractivity contribution in [2.24, 2.45) is 0 Å². The van der Waals surface area contributed by atoms with Crippen LogP contribution in [0, 0.1) is 6.92 Å². The highest BCUT2D eigenvalue weighted by molar-refractivity contribution is 5.35. The molecule has 0 aliphatic carbocycles. The quantitative estimate of drug-likeness (QED) is 0.521. The van der Waals surface area contributed by atoms with Gasteiger partial charge in [0.1, 0.15) is 5.75 Å².